The monoisotopic (exact) mass is 730 g/mol. The molecule has 2 aliphatic carbocycles. The summed E-state index contributed by atoms with van der Waals surface area (Å²) in [5, 5.41) is 1.06. The molecule has 2 heterocycles. The average molecular weight is 732 g/mol. The minimum absolute atomic E-state index is 0.110. The van der Waals surface area contributed by atoms with Gasteiger partial charge in [0.05, 0.1) is 34.3 Å². The van der Waals surface area contributed by atoms with E-state index in [9.17, 15) is 19.2 Å². The highest BCUT2D eigenvalue weighted by molar-refractivity contribution is 9.10. The smallest absolute Gasteiger partial charge is 0.339 e. The molecule has 0 radical (unpaired) electrons. The summed E-state index contributed by atoms with van der Waals surface area (Å²) in [6.45, 7) is 2.00. The Hall–Kier alpha value is -3.85. The summed E-state index contributed by atoms with van der Waals surface area (Å²) in [7, 11) is 0. The average Bonchev–Trinajstić information content (AvgIpc) is 3.77. The largest absolute Gasteiger partial charge is 0.450 e. The summed E-state index contributed by atoms with van der Waals surface area (Å²) in [5.41, 5.74) is 3.85. The molecule has 2 amide bonds. The molecule has 3 aromatic carbocycles. The van der Waals surface area contributed by atoms with Gasteiger partial charge in [0.15, 0.2) is 6.10 Å². The number of amides is 2. The van der Waals surface area contributed by atoms with Crippen LogP contribution in [0.5, 0.6) is 0 Å². The van der Waals surface area contributed by atoms with Crippen molar-refractivity contribution in [3.05, 3.63) is 105 Å². The molecule has 1 saturated carbocycles. The molecule has 47 heavy (non-hydrogen) atoms. The maximum Gasteiger partial charge on any atom is 0.339 e. The molecule has 2 bridgehead atoms. The lowest BCUT2D eigenvalue weighted by Gasteiger charge is -2.19. The third-order valence-electron chi connectivity index (χ3n) is 9.49. The number of carbonyl (C=O) groups excluding carboxylic acids is 4. The van der Waals surface area contributed by atoms with Crippen LogP contribution in [0, 0.1) is 23.7 Å². The molecule has 7 rings (SSSR count). The Balaban J connectivity index is 1.23. The number of carbonyl (C=O) groups is 4. The van der Waals surface area contributed by atoms with Gasteiger partial charge in [-0.3, -0.25) is 19.3 Å². The number of allylic oxidation sites excluding steroid dienone is 2. The van der Waals surface area contributed by atoms with Crippen molar-refractivity contribution in [2.24, 2.45) is 23.7 Å². The lowest BCUT2D eigenvalue weighted by atomic mass is 9.85. The molecule has 3 aliphatic rings. The molecule has 1 saturated heterocycles. The number of fused-ring (bicyclic) bond motifs is 6. The molecule has 1 aliphatic heterocycles. The van der Waals surface area contributed by atoms with Crippen molar-refractivity contribution < 1.29 is 23.9 Å². The highest BCUT2D eigenvalue weighted by Gasteiger charge is 2.59. The van der Waals surface area contributed by atoms with Gasteiger partial charge in [-0.25, -0.2) is 9.78 Å². The van der Waals surface area contributed by atoms with E-state index in [1.165, 1.54) is 4.90 Å². The molecule has 5 atom stereocenters. The number of benzene rings is 3. The van der Waals surface area contributed by atoms with Gasteiger partial charge >= 0.3 is 5.97 Å². The molecule has 10 heteroatoms. The lowest BCUT2D eigenvalue weighted by molar-refractivity contribution is -0.123. The molecule has 5 unspecified atom stereocenters. The molecule has 0 spiro atoms. The maximum atomic E-state index is 13.9. The minimum atomic E-state index is -1.11. The van der Waals surface area contributed by atoms with Crippen molar-refractivity contribution in [1.29, 1.82) is 0 Å². The van der Waals surface area contributed by atoms with E-state index in [0.717, 1.165) is 16.5 Å². The van der Waals surface area contributed by atoms with E-state index in [0.29, 0.717) is 44.9 Å². The first-order valence-corrected chi connectivity index (χ1v) is 17.3. The van der Waals surface area contributed by atoms with Crippen LogP contribution in [0.1, 0.15) is 46.0 Å². The van der Waals surface area contributed by atoms with Crippen molar-refractivity contribution in [3.8, 4) is 11.3 Å². The fraction of sp³-hybridized carbons (Fsp3) is 0.270. The SMILES string of the molecule is CCc1cc(Br)cc2c(C(=O)OC(CCCl)C(=O)c3ccc(Cl)cc3)cc(-c3ccc(N4C(=O)C5C6C=CC(C6)C5C4=O)cc3)nc12. The number of hydrogen-bond donors (Lipinski definition) is 0. The van der Waals surface area contributed by atoms with Crippen molar-refractivity contribution in [1.82, 2.24) is 4.98 Å². The van der Waals surface area contributed by atoms with Crippen molar-refractivity contribution in [2.75, 3.05) is 10.8 Å². The number of aromatic nitrogens is 1. The van der Waals surface area contributed by atoms with Crippen LogP contribution in [0.3, 0.4) is 0 Å². The number of aryl methyl sites for hydroxylation is 1. The van der Waals surface area contributed by atoms with Crippen molar-refractivity contribution in [2.45, 2.75) is 32.3 Å². The van der Waals surface area contributed by atoms with Crippen LogP contribution < -0.4 is 4.90 Å². The predicted octanol–water partition coefficient (Wildman–Crippen LogP) is 8.23. The van der Waals surface area contributed by atoms with Gasteiger partial charge in [-0.1, -0.05) is 58.7 Å². The zero-order valence-corrected chi connectivity index (χ0v) is 28.4. The summed E-state index contributed by atoms with van der Waals surface area (Å²) < 4.78 is 6.64. The normalized spacial score (nSPS) is 21.8. The Labute approximate surface area is 290 Å². The topological polar surface area (TPSA) is 93.6 Å². The minimum Gasteiger partial charge on any atom is -0.450 e. The molecule has 2 fully saturated rings. The van der Waals surface area contributed by atoms with Crippen molar-refractivity contribution in [3.63, 3.8) is 0 Å². The summed E-state index contributed by atoms with van der Waals surface area (Å²) in [6.07, 6.45) is 4.70. The Bertz CT molecular complexity index is 1950. The number of hydrogen-bond acceptors (Lipinski definition) is 6. The quantitative estimate of drug-likeness (QED) is 0.0566. The Morgan fingerprint density at radius 3 is 2.26 bits per heavy atom. The highest BCUT2D eigenvalue weighted by atomic mass is 79.9. The fourth-order valence-corrected chi connectivity index (χ4v) is 8.05. The van der Waals surface area contributed by atoms with Crippen LogP contribution in [0.15, 0.2) is 83.4 Å². The molecule has 7 nitrogen and oxygen atoms in total. The number of pyridine rings is 1. The standard InChI is InChI=1S/C37H29BrCl2N2O5/c1-2-19-16-24(38)17-27-28(37(46)47-30(13-14-39)34(43)21-5-9-25(40)10-6-21)18-29(41-33(19)27)20-7-11-26(12-8-20)42-35(44)31-22-3-4-23(15-22)32(31)36(42)45/h3-12,16-18,22-23,30-32H,2,13-15H2,1H3. The molecular formula is C37H29BrCl2N2O5. The highest BCUT2D eigenvalue weighted by Crippen LogP contribution is 2.53. The summed E-state index contributed by atoms with van der Waals surface area (Å²) in [6, 6.07) is 18.9. The number of nitrogens with zero attached hydrogens (tertiary/aromatic N) is 2. The molecule has 238 valence electrons. The first-order chi connectivity index (χ1) is 22.7. The lowest BCUT2D eigenvalue weighted by Crippen LogP contribution is -2.32. The number of anilines is 1. The van der Waals surface area contributed by atoms with E-state index >= 15 is 0 Å². The van der Waals surface area contributed by atoms with Crippen LogP contribution in [-0.2, 0) is 20.7 Å². The van der Waals surface area contributed by atoms with Crippen LogP contribution in [-0.4, -0.2) is 40.5 Å². The van der Waals surface area contributed by atoms with Gasteiger partial charge in [0, 0.05) is 38.3 Å². The number of halogens is 3. The summed E-state index contributed by atoms with van der Waals surface area (Å²) in [5.74, 6) is -1.54. The second kappa shape index (κ2) is 12.6. The van der Waals surface area contributed by atoms with E-state index in [1.54, 1.807) is 54.6 Å². The van der Waals surface area contributed by atoms with E-state index < -0.39 is 12.1 Å². The zero-order chi connectivity index (χ0) is 33.0. The number of alkyl halides is 1. The number of Topliss-reactive ketones (excluding diaryl/α,β-unsaturated/α-hetero) is 1. The third kappa shape index (κ3) is 5.60. The number of rotatable bonds is 9. The zero-order valence-electron chi connectivity index (χ0n) is 25.3. The van der Waals surface area contributed by atoms with Gasteiger partial charge in [-0.2, -0.15) is 0 Å². The van der Waals surface area contributed by atoms with E-state index in [2.05, 4.69) is 28.1 Å². The van der Waals surface area contributed by atoms with Crippen LogP contribution in [0.25, 0.3) is 22.2 Å². The summed E-state index contributed by atoms with van der Waals surface area (Å²) >= 11 is 15.6. The van der Waals surface area contributed by atoms with E-state index in [1.807, 2.05) is 19.1 Å². The predicted molar refractivity (Wildman–Crippen MR) is 185 cm³/mol. The van der Waals surface area contributed by atoms with Crippen molar-refractivity contribution >= 4 is 79.3 Å². The summed E-state index contributed by atoms with van der Waals surface area (Å²) in [4.78, 5) is 60.3. The van der Waals surface area contributed by atoms with Crippen LogP contribution in [0.4, 0.5) is 5.69 Å². The molecule has 4 aromatic rings. The molecule has 1 aromatic heterocycles. The van der Waals surface area contributed by atoms with E-state index in [4.69, 9.17) is 32.9 Å². The van der Waals surface area contributed by atoms with E-state index in [-0.39, 0.29) is 59.1 Å². The Morgan fingerprint density at radius 1 is 0.979 bits per heavy atom. The first-order valence-electron chi connectivity index (χ1n) is 15.5. The number of ether oxygens (including phenoxy) is 1. The second-order valence-electron chi connectivity index (χ2n) is 12.2. The molecule has 0 N–H and O–H groups in total. The first kappa shape index (κ1) is 31.7. The number of imide groups is 1. The maximum absolute atomic E-state index is 13.9. The molecular weight excluding hydrogens is 703 g/mol. The van der Waals surface area contributed by atoms with Crippen LogP contribution in [0.2, 0.25) is 5.02 Å². The fourth-order valence-electron chi connectivity index (χ4n) is 7.22. The van der Waals surface area contributed by atoms with Gasteiger partial charge in [0.25, 0.3) is 0 Å². The Morgan fingerprint density at radius 2 is 1.64 bits per heavy atom. The Kier molecular flexibility index (Phi) is 8.53. The van der Waals surface area contributed by atoms with Gasteiger partial charge in [0.2, 0.25) is 17.6 Å². The van der Waals surface area contributed by atoms with Gasteiger partial charge in [-0.15, -0.1) is 11.6 Å². The second-order valence-corrected chi connectivity index (χ2v) is 13.9. The van der Waals surface area contributed by atoms with Gasteiger partial charge < -0.3 is 4.74 Å². The number of ketones is 1. The third-order valence-corrected chi connectivity index (χ3v) is 10.4. The van der Waals surface area contributed by atoms with Gasteiger partial charge in [0.1, 0.15) is 0 Å². The number of esters is 1. The van der Waals surface area contributed by atoms with Crippen LogP contribution >= 0.6 is 39.1 Å². The van der Waals surface area contributed by atoms with Gasteiger partial charge in [-0.05, 0) is 84.8 Å².